The van der Waals surface area contributed by atoms with Crippen LogP contribution >= 0.6 is 0 Å². The smallest absolute Gasteiger partial charge is 0.291 e. The lowest BCUT2D eigenvalue weighted by atomic mass is 10.2. The van der Waals surface area contributed by atoms with E-state index in [0.717, 1.165) is 5.56 Å². The molecule has 0 aliphatic rings. The van der Waals surface area contributed by atoms with E-state index in [2.05, 4.69) is 39.2 Å². The third-order valence-corrected chi connectivity index (χ3v) is 9.58. The second kappa shape index (κ2) is 9.41. The van der Waals surface area contributed by atoms with Gasteiger partial charge in [0, 0.05) is 12.6 Å². The molecule has 1 aromatic carbocycles. The first-order chi connectivity index (χ1) is 13.5. The zero-order valence-corrected chi connectivity index (χ0v) is 19.1. The lowest BCUT2D eigenvalue weighted by molar-refractivity contribution is 0.0910. The normalized spacial score (nSPS) is 11.9. The molecule has 0 atom stereocenters. The molecule has 0 aliphatic heterocycles. The number of amides is 1. The molecule has 2 rings (SSSR count). The molecule has 0 fully saturated rings. The first-order valence-corrected chi connectivity index (χ1v) is 12.7. The van der Waals surface area contributed by atoms with E-state index in [0.29, 0.717) is 12.3 Å². The summed E-state index contributed by atoms with van der Waals surface area (Å²) in [5.74, 6) is -0.380. The van der Waals surface area contributed by atoms with Crippen LogP contribution in [-0.4, -0.2) is 20.8 Å². The van der Waals surface area contributed by atoms with E-state index in [1.165, 1.54) is 6.07 Å². The summed E-state index contributed by atoms with van der Waals surface area (Å²) in [6.45, 7) is 13.1. The van der Waals surface area contributed by atoms with Crippen molar-refractivity contribution in [1.29, 1.82) is 0 Å². The fraction of sp³-hybridized carbons (Fsp3) is 0.455. The predicted octanol–water partition coefficient (Wildman–Crippen LogP) is 4.49. The van der Waals surface area contributed by atoms with Gasteiger partial charge in [0.1, 0.15) is 12.4 Å². The van der Waals surface area contributed by atoms with E-state index < -0.39 is 19.7 Å². The Balaban J connectivity index is 2.29. The number of ether oxygens (including phenoxy) is 1. The first kappa shape index (κ1) is 22.9. The molecule has 29 heavy (non-hydrogen) atoms. The average molecular weight is 418 g/mol. The summed E-state index contributed by atoms with van der Waals surface area (Å²) in [6.07, 6.45) is 0. The summed E-state index contributed by atoms with van der Waals surface area (Å²) in [5.41, 5.74) is 0.487. The van der Waals surface area contributed by atoms with Crippen molar-refractivity contribution in [3.05, 3.63) is 63.7 Å². The van der Waals surface area contributed by atoms with E-state index in [-0.39, 0.29) is 29.8 Å². The Kier molecular flexibility index (Phi) is 7.43. The maximum atomic E-state index is 12.7. The Labute approximate surface area is 173 Å². The number of nitrogens with one attached hydrogen (secondary N) is 1. The molecule has 0 aliphatic carbocycles. The largest absolute Gasteiger partial charge is 0.481 e. The van der Waals surface area contributed by atoms with Crippen LogP contribution in [0.5, 0.6) is 5.75 Å². The molecule has 0 saturated heterocycles. The third kappa shape index (κ3) is 6.05. The van der Waals surface area contributed by atoms with Crippen LogP contribution in [0.2, 0.25) is 18.1 Å². The van der Waals surface area contributed by atoms with Crippen molar-refractivity contribution >= 4 is 14.2 Å². The molecule has 1 heterocycles. The zero-order valence-electron chi connectivity index (χ0n) is 18.1. The van der Waals surface area contributed by atoms with Gasteiger partial charge in [0.05, 0.1) is 6.61 Å². The summed E-state index contributed by atoms with van der Waals surface area (Å²) in [6, 6.07) is 10.8. The van der Waals surface area contributed by atoms with E-state index in [1.807, 2.05) is 30.3 Å². The highest BCUT2D eigenvalue weighted by atomic mass is 28.4. The number of hydrogen-bond donors (Lipinski definition) is 1. The molecule has 0 spiro atoms. The van der Waals surface area contributed by atoms with Gasteiger partial charge in [-0.25, -0.2) is 0 Å². The minimum Gasteiger partial charge on any atom is -0.481 e. The van der Waals surface area contributed by atoms with Crippen LogP contribution in [-0.2, 0) is 17.6 Å². The fourth-order valence-electron chi connectivity index (χ4n) is 2.33. The van der Waals surface area contributed by atoms with Crippen molar-refractivity contribution in [2.45, 2.75) is 59.0 Å². The van der Waals surface area contributed by atoms with Crippen molar-refractivity contribution in [2.75, 3.05) is 6.54 Å². The number of benzene rings is 1. The van der Waals surface area contributed by atoms with Gasteiger partial charge in [0.25, 0.3) is 5.91 Å². The van der Waals surface area contributed by atoms with Gasteiger partial charge < -0.3 is 18.9 Å². The Hall–Kier alpha value is -2.38. The Morgan fingerprint density at radius 3 is 2.38 bits per heavy atom. The molecule has 6 nitrogen and oxygen atoms in total. The van der Waals surface area contributed by atoms with Gasteiger partial charge in [0.2, 0.25) is 16.9 Å². The number of rotatable bonds is 8. The molecule has 1 N–H and O–H groups in total. The molecule has 7 heteroatoms. The summed E-state index contributed by atoms with van der Waals surface area (Å²) < 4.78 is 17.6. The minimum atomic E-state index is -2.03. The highest BCUT2D eigenvalue weighted by molar-refractivity contribution is 6.74. The van der Waals surface area contributed by atoms with Gasteiger partial charge in [-0.2, -0.15) is 0 Å². The molecule has 2 aromatic rings. The van der Waals surface area contributed by atoms with Gasteiger partial charge in [-0.1, -0.05) is 51.1 Å². The van der Waals surface area contributed by atoms with E-state index >= 15 is 0 Å². The number of hydrogen-bond acceptors (Lipinski definition) is 5. The maximum absolute atomic E-state index is 12.7. The van der Waals surface area contributed by atoms with Gasteiger partial charge in [-0.15, -0.1) is 0 Å². The van der Waals surface area contributed by atoms with Crippen molar-refractivity contribution in [3.63, 3.8) is 0 Å². The van der Waals surface area contributed by atoms with Gasteiger partial charge in [0.15, 0.2) is 8.32 Å². The monoisotopic (exact) mass is 417 g/mol. The van der Waals surface area contributed by atoms with Crippen molar-refractivity contribution < 1.29 is 18.4 Å². The number of carbonyl (C=O) groups excluding carboxylic acids is 1. The Morgan fingerprint density at radius 1 is 1.14 bits per heavy atom. The van der Waals surface area contributed by atoms with Crippen molar-refractivity contribution in [3.8, 4) is 5.75 Å². The second-order valence-electron chi connectivity index (χ2n) is 8.42. The molecule has 0 unspecified atom stereocenters. The van der Waals surface area contributed by atoms with Crippen molar-refractivity contribution in [2.24, 2.45) is 0 Å². The molecule has 0 radical (unpaired) electrons. The quantitative estimate of drug-likeness (QED) is 0.640. The molecular weight excluding hydrogens is 386 g/mol. The molecule has 1 amide bonds. The fourth-order valence-corrected chi connectivity index (χ4v) is 3.26. The van der Waals surface area contributed by atoms with Crippen LogP contribution in [0.15, 0.2) is 45.6 Å². The van der Waals surface area contributed by atoms with E-state index in [1.54, 1.807) is 6.92 Å². The van der Waals surface area contributed by atoms with Crippen LogP contribution in [0.3, 0.4) is 0 Å². The molecular formula is C22H31NO5Si. The lowest BCUT2D eigenvalue weighted by Crippen LogP contribution is -2.40. The SMILES string of the molecule is CCNC(=O)c1oc(CO[Si](C)(C)C(C)(C)C)cc(=O)c1OCc1ccccc1. The second-order valence-corrected chi connectivity index (χ2v) is 13.2. The van der Waals surface area contributed by atoms with Gasteiger partial charge >= 0.3 is 0 Å². The van der Waals surface area contributed by atoms with Crippen LogP contribution in [0.1, 0.15) is 49.6 Å². The average Bonchev–Trinajstić information content (AvgIpc) is 2.65. The van der Waals surface area contributed by atoms with Crippen LogP contribution < -0.4 is 15.5 Å². The Morgan fingerprint density at radius 2 is 1.79 bits per heavy atom. The third-order valence-electron chi connectivity index (χ3n) is 5.11. The topological polar surface area (TPSA) is 77.8 Å². The summed E-state index contributed by atoms with van der Waals surface area (Å²) in [7, 11) is -2.03. The van der Waals surface area contributed by atoms with Crippen molar-refractivity contribution in [1.82, 2.24) is 5.32 Å². The van der Waals surface area contributed by atoms with Crippen LogP contribution in [0.25, 0.3) is 0 Å². The Bertz CT molecular complexity index is 884. The van der Waals surface area contributed by atoms with Crippen LogP contribution in [0.4, 0.5) is 0 Å². The summed E-state index contributed by atoms with van der Waals surface area (Å²) in [5, 5.41) is 2.69. The zero-order chi connectivity index (χ0) is 21.7. The highest BCUT2D eigenvalue weighted by Gasteiger charge is 2.37. The molecule has 0 bridgehead atoms. The van der Waals surface area contributed by atoms with Gasteiger partial charge in [-0.3, -0.25) is 9.59 Å². The maximum Gasteiger partial charge on any atom is 0.291 e. The van der Waals surface area contributed by atoms with Gasteiger partial charge in [-0.05, 0) is 30.6 Å². The first-order valence-electron chi connectivity index (χ1n) is 9.81. The highest BCUT2D eigenvalue weighted by Crippen LogP contribution is 2.37. The summed E-state index contributed by atoms with van der Waals surface area (Å²) in [4.78, 5) is 25.2. The number of carbonyl (C=O) groups is 1. The standard InChI is InChI=1S/C22H31NO5Si/c1-7-23-21(25)20-19(26-14-16-11-9-8-10-12-16)18(24)13-17(28-20)15-27-29(5,6)22(2,3)4/h8-13H,7,14-15H2,1-6H3,(H,23,25). The molecule has 1 aromatic heterocycles. The van der Waals surface area contributed by atoms with Crippen LogP contribution in [0, 0.1) is 0 Å². The molecule has 0 saturated carbocycles. The molecule has 158 valence electrons. The minimum absolute atomic E-state index is 0.0223. The van der Waals surface area contributed by atoms with E-state index in [9.17, 15) is 9.59 Å². The predicted molar refractivity (Wildman–Crippen MR) is 116 cm³/mol. The summed E-state index contributed by atoms with van der Waals surface area (Å²) >= 11 is 0. The van der Waals surface area contributed by atoms with E-state index in [4.69, 9.17) is 13.6 Å². The lowest BCUT2D eigenvalue weighted by Gasteiger charge is -2.35.